The minimum absolute atomic E-state index is 0.230. The average Bonchev–Trinajstić information content (AvgIpc) is 2.89. The first kappa shape index (κ1) is 15.3. The van der Waals surface area contributed by atoms with Crippen molar-refractivity contribution in [3.8, 4) is 5.75 Å². The lowest BCUT2D eigenvalue weighted by Gasteiger charge is -2.26. The zero-order chi connectivity index (χ0) is 15.5. The molecule has 4 heteroatoms. The number of esters is 1. The molecule has 1 aromatic carbocycles. The van der Waals surface area contributed by atoms with E-state index in [1.54, 1.807) is 38.3 Å². The summed E-state index contributed by atoms with van der Waals surface area (Å²) >= 11 is 0. The Morgan fingerprint density at radius 2 is 1.95 bits per heavy atom. The highest BCUT2D eigenvalue weighted by Gasteiger charge is 2.52. The van der Waals surface area contributed by atoms with Crippen molar-refractivity contribution < 1.29 is 19.1 Å². The molecule has 0 amide bonds. The first-order chi connectivity index (χ1) is 10.1. The van der Waals surface area contributed by atoms with Gasteiger partial charge in [-0.25, -0.2) is 0 Å². The maximum atomic E-state index is 12.9. The van der Waals surface area contributed by atoms with Crippen molar-refractivity contribution in [3.05, 3.63) is 42.0 Å². The van der Waals surface area contributed by atoms with Crippen molar-refractivity contribution in [3.63, 3.8) is 0 Å². The van der Waals surface area contributed by atoms with E-state index in [-0.39, 0.29) is 12.4 Å². The minimum atomic E-state index is -1.22. The molecular formula is C17H20O4. The molecule has 0 N–H and O–H groups in total. The van der Waals surface area contributed by atoms with Crippen molar-refractivity contribution >= 4 is 11.8 Å². The van der Waals surface area contributed by atoms with Gasteiger partial charge in [-0.2, -0.15) is 0 Å². The fourth-order valence-electron chi connectivity index (χ4n) is 2.81. The summed E-state index contributed by atoms with van der Waals surface area (Å²) < 4.78 is 10.2. The molecule has 1 aromatic rings. The Hall–Kier alpha value is -2.10. The molecule has 112 valence electrons. The van der Waals surface area contributed by atoms with E-state index in [0.717, 1.165) is 6.42 Å². The van der Waals surface area contributed by atoms with Crippen molar-refractivity contribution in [2.45, 2.75) is 26.2 Å². The Morgan fingerprint density at radius 1 is 1.29 bits per heavy atom. The lowest BCUT2D eigenvalue weighted by molar-refractivity contribution is -0.150. The lowest BCUT2D eigenvalue weighted by atomic mass is 9.76. The third-order valence-electron chi connectivity index (χ3n) is 4.00. The van der Waals surface area contributed by atoms with E-state index in [1.807, 2.05) is 0 Å². The van der Waals surface area contributed by atoms with Gasteiger partial charge in [0.15, 0.2) is 11.2 Å². The highest BCUT2D eigenvalue weighted by Crippen LogP contribution is 2.45. The summed E-state index contributed by atoms with van der Waals surface area (Å²) in [6.45, 7) is 5.94. The standard InChI is InChI=1S/C17H20O4/c1-4-21-16(19)17(11-5-6-12(17)2)15(18)13-7-9-14(20-3)10-8-13/h7-10H,2,4-6,11H2,1,3H3/t17-/m1/s1. The highest BCUT2D eigenvalue weighted by molar-refractivity contribution is 6.15. The van der Waals surface area contributed by atoms with Gasteiger partial charge in [0.1, 0.15) is 5.75 Å². The van der Waals surface area contributed by atoms with Gasteiger partial charge in [0.25, 0.3) is 0 Å². The van der Waals surface area contributed by atoms with E-state index in [2.05, 4.69) is 6.58 Å². The van der Waals surface area contributed by atoms with Crippen LogP contribution in [-0.4, -0.2) is 25.5 Å². The number of hydrogen-bond donors (Lipinski definition) is 0. The number of methoxy groups -OCH3 is 1. The number of ether oxygens (including phenoxy) is 2. The summed E-state index contributed by atoms with van der Waals surface area (Å²) in [7, 11) is 1.57. The van der Waals surface area contributed by atoms with Gasteiger partial charge >= 0.3 is 5.97 Å². The zero-order valence-electron chi connectivity index (χ0n) is 12.5. The van der Waals surface area contributed by atoms with Gasteiger partial charge in [0, 0.05) is 5.56 Å². The summed E-state index contributed by atoms with van der Waals surface area (Å²) in [6.07, 6.45) is 1.93. The summed E-state index contributed by atoms with van der Waals surface area (Å²) in [5.41, 5.74) is -0.0846. The smallest absolute Gasteiger partial charge is 0.324 e. The molecule has 0 unspecified atom stereocenters. The molecule has 1 aliphatic carbocycles. The van der Waals surface area contributed by atoms with Gasteiger partial charge in [0.05, 0.1) is 13.7 Å². The zero-order valence-corrected chi connectivity index (χ0v) is 12.5. The molecule has 0 bridgehead atoms. The number of ketones is 1. The largest absolute Gasteiger partial charge is 0.497 e. The molecule has 21 heavy (non-hydrogen) atoms. The van der Waals surface area contributed by atoms with Gasteiger partial charge < -0.3 is 9.47 Å². The molecule has 1 fully saturated rings. The van der Waals surface area contributed by atoms with Crippen LogP contribution in [0.2, 0.25) is 0 Å². The molecule has 2 rings (SSSR count). The maximum absolute atomic E-state index is 12.9. The predicted octanol–water partition coefficient (Wildman–Crippen LogP) is 3.17. The van der Waals surface area contributed by atoms with Gasteiger partial charge in [-0.05, 0) is 50.5 Å². The van der Waals surface area contributed by atoms with Crippen LogP contribution in [-0.2, 0) is 9.53 Å². The van der Waals surface area contributed by atoms with Gasteiger partial charge in [0.2, 0.25) is 0 Å². The van der Waals surface area contributed by atoms with E-state index in [4.69, 9.17) is 9.47 Å². The van der Waals surface area contributed by atoms with Crippen molar-refractivity contribution in [2.75, 3.05) is 13.7 Å². The Bertz CT molecular complexity index is 559. The minimum Gasteiger partial charge on any atom is -0.497 e. The fraction of sp³-hybridized carbons (Fsp3) is 0.412. The third kappa shape index (κ3) is 2.58. The number of carbonyl (C=O) groups is 2. The van der Waals surface area contributed by atoms with Crippen molar-refractivity contribution in [1.29, 1.82) is 0 Å². The van der Waals surface area contributed by atoms with Crippen LogP contribution in [0, 0.1) is 5.41 Å². The molecule has 0 radical (unpaired) electrons. The Kier molecular flexibility index (Phi) is 4.46. The number of Topliss-reactive ketones (excluding diaryl/α,β-unsaturated/α-hetero) is 1. The first-order valence-corrected chi connectivity index (χ1v) is 7.10. The quantitative estimate of drug-likeness (QED) is 0.361. The highest BCUT2D eigenvalue weighted by atomic mass is 16.5. The molecule has 4 nitrogen and oxygen atoms in total. The van der Waals surface area contributed by atoms with Crippen LogP contribution < -0.4 is 4.74 Å². The maximum Gasteiger partial charge on any atom is 0.324 e. The van der Waals surface area contributed by atoms with Gasteiger partial charge in [-0.1, -0.05) is 12.2 Å². The predicted molar refractivity (Wildman–Crippen MR) is 79.4 cm³/mol. The molecule has 1 aliphatic rings. The SMILES string of the molecule is C=C1CCC[C@]1(C(=O)OCC)C(=O)c1ccc(OC)cc1. The average molecular weight is 288 g/mol. The van der Waals surface area contributed by atoms with E-state index in [1.165, 1.54) is 0 Å². The molecule has 1 atom stereocenters. The third-order valence-corrected chi connectivity index (χ3v) is 4.00. The van der Waals surface area contributed by atoms with E-state index >= 15 is 0 Å². The fourth-order valence-corrected chi connectivity index (χ4v) is 2.81. The number of hydrogen-bond acceptors (Lipinski definition) is 4. The van der Waals surface area contributed by atoms with E-state index in [9.17, 15) is 9.59 Å². The number of benzene rings is 1. The van der Waals surface area contributed by atoms with Crippen LogP contribution in [0.3, 0.4) is 0 Å². The van der Waals surface area contributed by atoms with Crippen LogP contribution >= 0.6 is 0 Å². The summed E-state index contributed by atoms with van der Waals surface area (Å²) in [5, 5.41) is 0. The number of carbonyl (C=O) groups excluding carboxylic acids is 2. The van der Waals surface area contributed by atoms with Crippen molar-refractivity contribution in [2.24, 2.45) is 5.41 Å². The molecule has 0 aliphatic heterocycles. The second-order valence-electron chi connectivity index (χ2n) is 5.14. The number of rotatable bonds is 5. The Labute approximate surface area is 124 Å². The molecule has 0 spiro atoms. The van der Waals surface area contributed by atoms with Gasteiger partial charge in [-0.3, -0.25) is 9.59 Å². The molecular weight excluding hydrogens is 268 g/mol. The normalized spacial score (nSPS) is 21.1. The first-order valence-electron chi connectivity index (χ1n) is 7.10. The van der Waals surface area contributed by atoms with Crippen LogP contribution in [0.25, 0.3) is 0 Å². The summed E-state index contributed by atoms with van der Waals surface area (Å²) in [5.74, 6) is -0.0404. The van der Waals surface area contributed by atoms with Gasteiger partial charge in [-0.15, -0.1) is 0 Å². The van der Waals surface area contributed by atoms with Crippen LogP contribution in [0.15, 0.2) is 36.4 Å². The van der Waals surface area contributed by atoms with Crippen LogP contribution in [0.1, 0.15) is 36.5 Å². The van der Waals surface area contributed by atoms with Crippen LogP contribution in [0.5, 0.6) is 5.75 Å². The molecule has 0 aromatic heterocycles. The van der Waals surface area contributed by atoms with Crippen LogP contribution in [0.4, 0.5) is 0 Å². The topological polar surface area (TPSA) is 52.6 Å². The Balaban J connectivity index is 2.38. The molecule has 0 heterocycles. The monoisotopic (exact) mass is 288 g/mol. The van der Waals surface area contributed by atoms with E-state index < -0.39 is 11.4 Å². The molecule has 1 saturated carbocycles. The molecule has 0 saturated heterocycles. The summed E-state index contributed by atoms with van der Waals surface area (Å²) in [6, 6.07) is 6.77. The van der Waals surface area contributed by atoms with Crippen molar-refractivity contribution in [1.82, 2.24) is 0 Å². The second kappa shape index (κ2) is 6.12. The summed E-state index contributed by atoms with van der Waals surface area (Å²) in [4.78, 5) is 25.3. The van der Waals surface area contributed by atoms with E-state index in [0.29, 0.717) is 29.7 Å². The Morgan fingerprint density at radius 3 is 2.43 bits per heavy atom. The lowest BCUT2D eigenvalue weighted by Crippen LogP contribution is -2.39. The second-order valence-corrected chi connectivity index (χ2v) is 5.14.